The highest BCUT2D eigenvalue weighted by Crippen LogP contribution is 2.25. The molecule has 0 unspecified atom stereocenters. The van der Waals surface area contributed by atoms with Crippen LogP contribution >= 0.6 is 0 Å². The van der Waals surface area contributed by atoms with E-state index in [4.69, 9.17) is 0 Å². The van der Waals surface area contributed by atoms with Crippen molar-refractivity contribution in [3.63, 3.8) is 0 Å². The Morgan fingerprint density at radius 1 is 1.14 bits per heavy atom. The summed E-state index contributed by atoms with van der Waals surface area (Å²) in [6, 6.07) is 12.1. The van der Waals surface area contributed by atoms with Crippen molar-refractivity contribution in [2.75, 3.05) is 19.6 Å². The maximum Gasteiger partial charge on any atom is 0.274 e. The highest BCUT2D eigenvalue weighted by atomic mass is 16.2. The van der Waals surface area contributed by atoms with E-state index in [2.05, 4.69) is 5.10 Å². The minimum Gasteiger partial charge on any atom is -0.343 e. The maximum absolute atomic E-state index is 13.2. The van der Waals surface area contributed by atoms with Crippen LogP contribution in [0.25, 0.3) is 11.3 Å². The van der Waals surface area contributed by atoms with Gasteiger partial charge in [-0.05, 0) is 43.7 Å². The Balaban J connectivity index is 1.48. The summed E-state index contributed by atoms with van der Waals surface area (Å²) in [6.45, 7) is 2.39. The Labute approximate surface area is 166 Å². The fourth-order valence-electron chi connectivity index (χ4n) is 4.41. The van der Waals surface area contributed by atoms with Crippen molar-refractivity contribution < 1.29 is 9.59 Å². The van der Waals surface area contributed by atoms with Crippen molar-refractivity contribution >= 4 is 11.8 Å². The number of carbonyl (C=O) groups excluding carboxylic acids is 2. The number of benzene rings is 1. The van der Waals surface area contributed by atoms with Gasteiger partial charge in [-0.25, -0.2) is 0 Å². The van der Waals surface area contributed by atoms with Gasteiger partial charge < -0.3 is 9.80 Å². The van der Waals surface area contributed by atoms with E-state index in [-0.39, 0.29) is 17.9 Å². The SMILES string of the molecule is Cn1nc(C(=O)N2CCCC[C@@H]2CCN2CCCC2=O)cc1-c1ccccc1. The lowest BCUT2D eigenvalue weighted by molar-refractivity contribution is -0.127. The summed E-state index contributed by atoms with van der Waals surface area (Å²) in [5.41, 5.74) is 2.50. The first-order valence-corrected chi connectivity index (χ1v) is 10.3. The van der Waals surface area contributed by atoms with Crippen molar-refractivity contribution in [2.24, 2.45) is 7.05 Å². The van der Waals surface area contributed by atoms with Crippen LogP contribution in [0.1, 0.15) is 49.0 Å². The third-order valence-electron chi connectivity index (χ3n) is 5.96. The third-order valence-corrected chi connectivity index (χ3v) is 5.96. The highest BCUT2D eigenvalue weighted by molar-refractivity contribution is 5.93. The average molecular weight is 380 g/mol. The number of hydrogen-bond donors (Lipinski definition) is 0. The first kappa shape index (κ1) is 18.7. The van der Waals surface area contributed by atoms with Gasteiger partial charge in [-0.1, -0.05) is 30.3 Å². The number of carbonyl (C=O) groups is 2. The van der Waals surface area contributed by atoms with Crippen LogP contribution in [-0.4, -0.2) is 57.1 Å². The average Bonchev–Trinajstić information content (AvgIpc) is 3.32. The second-order valence-electron chi connectivity index (χ2n) is 7.83. The molecule has 2 fully saturated rings. The van der Waals surface area contributed by atoms with E-state index >= 15 is 0 Å². The molecule has 148 valence electrons. The molecule has 1 atom stereocenters. The van der Waals surface area contributed by atoms with Crippen molar-refractivity contribution in [3.05, 3.63) is 42.1 Å². The molecule has 1 aromatic heterocycles. The molecule has 0 saturated carbocycles. The fraction of sp³-hybridized carbons (Fsp3) is 0.500. The van der Waals surface area contributed by atoms with Crippen molar-refractivity contribution in [1.29, 1.82) is 0 Å². The molecule has 0 bridgehead atoms. The van der Waals surface area contributed by atoms with Gasteiger partial charge in [0.1, 0.15) is 0 Å². The molecule has 4 rings (SSSR count). The van der Waals surface area contributed by atoms with Crippen LogP contribution in [0.15, 0.2) is 36.4 Å². The number of aryl methyl sites for hydroxylation is 1. The number of rotatable bonds is 5. The number of hydrogen-bond acceptors (Lipinski definition) is 3. The van der Waals surface area contributed by atoms with Gasteiger partial charge in [0.15, 0.2) is 5.69 Å². The molecule has 1 aromatic carbocycles. The second kappa shape index (κ2) is 8.17. The van der Waals surface area contributed by atoms with Gasteiger partial charge in [-0.3, -0.25) is 14.3 Å². The number of amides is 2. The smallest absolute Gasteiger partial charge is 0.274 e. The number of aromatic nitrogens is 2. The molecule has 2 amide bonds. The van der Waals surface area contributed by atoms with Gasteiger partial charge in [-0.15, -0.1) is 0 Å². The molecule has 0 N–H and O–H groups in total. The zero-order valence-corrected chi connectivity index (χ0v) is 16.5. The molecule has 2 saturated heterocycles. The first-order valence-electron chi connectivity index (χ1n) is 10.3. The van der Waals surface area contributed by atoms with Gasteiger partial charge in [0.25, 0.3) is 5.91 Å². The molecule has 0 radical (unpaired) electrons. The van der Waals surface area contributed by atoms with E-state index in [1.165, 1.54) is 0 Å². The van der Waals surface area contributed by atoms with Crippen LogP contribution in [0.4, 0.5) is 0 Å². The largest absolute Gasteiger partial charge is 0.343 e. The maximum atomic E-state index is 13.2. The van der Waals surface area contributed by atoms with Crippen LogP contribution in [-0.2, 0) is 11.8 Å². The molecule has 6 heteroatoms. The Bertz CT molecular complexity index is 845. The predicted molar refractivity (Wildman–Crippen MR) is 108 cm³/mol. The zero-order valence-electron chi connectivity index (χ0n) is 16.5. The Morgan fingerprint density at radius 3 is 2.71 bits per heavy atom. The normalized spacial score (nSPS) is 20.0. The first-order chi connectivity index (χ1) is 13.6. The standard InChI is InChI=1S/C22H28N4O2/c1-24-20(17-8-3-2-4-9-17)16-19(23-24)22(28)26-14-6-5-10-18(26)12-15-25-13-7-11-21(25)27/h2-4,8-9,16,18H,5-7,10-15H2,1H3/t18-/m1/s1. The van der Waals surface area contributed by atoms with Gasteiger partial charge in [-0.2, -0.15) is 5.10 Å². The van der Waals surface area contributed by atoms with E-state index in [9.17, 15) is 9.59 Å². The summed E-state index contributed by atoms with van der Waals surface area (Å²) in [5.74, 6) is 0.265. The molecule has 0 spiro atoms. The molecule has 2 aliphatic heterocycles. The molecular formula is C22H28N4O2. The predicted octanol–water partition coefficient (Wildman–Crippen LogP) is 3.09. The quantitative estimate of drug-likeness (QED) is 0.801. The van der Waals surface area contributed by atoms with Gasteiger partial charge in [0.2, 0.25) is 5.91 Å². The summed E-state index contributed by atoms with van der Waals surface area (Å²) < 4.78 is 1.78. The van der Waals surface area contributed by atoms with E-state index < -0.39 is 0 Å². The van der Waals surface area contributed by atoms with Gasteiger partial charge in [0, 0.05) is 39.1 Å². The highest BCUT2D eigenvalue weighted by Gasteiger charge is 2.30. The summed E-state index contributed by atoms with van der Waals surface area (Å²) in [6.07, 6.45) is 5.66. The van der Waals surface area contributed by atoms with Crippen molar-refractivity contribution in [3.8, 4) is 11.3 Å². The molecule has 2 aromatic rings. The topological polar surface area (TPSA) is 58.4 Å². The third kappa shape index (κ3) is 3.81. The van der Waals surface area contributed by atoms with Gasteiger partial charge >= 0.3 is 0 Å². The summed E-state index contributed by atoms with van der Waals surface area (Å²) in [5, 5.41) is 4.51. The summed E-state index contributed by atoms with van der Waals surface area (Å²) >= 11 is 0. The van der Waals surface area contributed by atoms with Crippen LogP contribution < -0.4 is 0 Å². The lowest BCUT2D eigenvalue weighted by atomic mass is 9.98. The second-order valence-corrected chi connectivity index (χ2v) is 7.83. The fourth-order valence-corrected chi connectivity index (χ4v) is 4.41. The summed E-state index contributed by atoms with van der Waals surface area (Å²) in [7, 11) is 1.88. The van der Waals surface area contributed by atoms with E-state index in [1.54, 1.807) is 4.68 Å². The molecule has 2 aliphatic rings. The molecule has 6 nitrogen and oxygen atoms in total. The van der Waals surface area contributed by atoms with Crippen LogP contribution in [0.3, 0.4) is 0 Å². The van der Waals surface area contributed by atoms with E-state index in [0.29, 0.717) is 12.1 Å². The zero-order chi connectivity index (χ0) is 19.5. The monoisotopic (exact) mass is 380 g/mol. The van der Waals surface area contributed by atoms with Crippen LogP contribution in [0.2, 0.25) is 0 Å². The van der Waals surface area contributed by atoms with Crippen LogP contribution in [0, 0.1) is 0 Å². The van der Waals surface area contributed by atoms with E-state index in [0.717, 1.165) is 63.0 Å². The summed E-state index contributed by atoms with van der Waals surface area (Å²) in [4.78, 5) is 29.1. The molecular weight excluding hydrogens is 352 g/mol. The van der Waals surface area contributed by atoms with Gasteiger partial charge in [0.05, 0.1) is 5.69 Å². The van der Waals surface area contributed by atoms with Crippen LogP contribution in [0.5, 0.6) is 0 Å². The minimum atomic E-state index is 0.00947. The number of nitrogens with zero attached hydrogens (tertiary/aromatic N) is 4. The molecule has 3 heterocycles. The van der Waals surface area contributed by atoms with E-state index in [1.807, 2.05) is 53.2 Å². The Morgan fingerprint density at radius 2 is 1.96 bits per heavy atom. The molecule has 28 heavy (non-hydrogen) atoms. The number of likely N-dealkylation sites (tertiary alicyclic amines) is 2. The van der Waals surface area contributed by atoms with Crippen molar-refractivity contribution in [1.82, 2.24) is 19.6 Å². The Kier molecular flexibility index (Phi) is 5.46. The minimum absolute atomic E-state index is 0.00947. The number of piperidine rings is 1. The lowest BCUT2D eigenvalue weighted by Gasteiger charge is -2.36. The lowest BCUT2D eigenvalue weighted by Crippen LogP contribution is -2.45. The molecule has 0 aliphatic carbocycles. The Hall–Kier alpha value is -2.63. The van der Waals surface area contributed by atoms with Crippen molar-refractivity contribution in [2.45, 2.75) is 44.6 Å².